The van der Waals surface area contributed by atoms with Crippen LogP contribution in [0.15, 0.2) is 48.7 Å². The molecular formula is C19H26N2. The van der Waals surface area contributed by atoms with Crippen molar-refractivity contribution in [2.45, 2.75) is 52.1 Å². The number of nitrogens with one attached hydrogen (secondary N) is 1. The van der Waals surface area contributed by atoms with Crippen molar-refractivity contribution in [1.82, 2.24) is 10.3 Å². The van der Waals surface area contributed by atoms with E-state index in [4.69, 9.17) is 0 Å². The minimum atomic E-state index is 0.251. The summed E-state index contributed by atoms with van der Waals surface area (Å²) in [6, 6.07) is 15.6. The number of hydrogen-bond acceptors (Lipinski definition) is 2. The van der Waals surface area contributed by atoms with Crippen molar-refractivity contribution in [2.75, 3.05) is 0 Å². The van der Waals surface area contributed by atoms with Gasteiger partial charge in [0.15, 0.2) is 0 Å². The van der Waals surface area contributed by atoms with Crippen LogP contribution in [0.2, 0.25) is 0 Å². The lowest BCUT2D eigenvalue weighted by atomic mass is 10.0. The molecule has 0 aliphatic heterocycles. The molecule has 0 aliphatic rings. The second-order valence-electron chi connectivity index (χ2n) is 5.71. The molecule has 1 N–H and O–H groups in total. The molecule has 2 heteroatoms. The molecular weight excluding hydrogens is 256 g/mol. The molecule has 21 heavy (non-hydrogen) atoms. The number of pyridine rings is 1. The largest absolute Gasteiger partial charge is 0.302 e. The molecule has 2 rings (SSSR count). The van der Waals surface area contributed by atoms with Crippen molar-refractivity contribution in [3.8, 4) is 0 Å². The minimum Gasteiger partial charge on any atom is -0.302 e. The Bertz CT molecular complexity index is 519. The molecule has 2 aromatic rings. The third kappa shape index (κ3) is 4.68. The quantitative estimate of drug-likeness (QED) is 0.786. The van der Waals surface area contributed by atoms with Gasteiger partial charge in [-0.3, -0.25) is 4.98 Å². The second-order valence-corrected chi connectivity index (χ2v) is 5.71. The first-order chi connectivity index (χ1) is 10.2. The number of hydrogen-bond donors (Lipinski definition) is 1. The molecule has 1 aromatic heterocycles. The average molecular weight is 282 g/mol. The van der Waals surface area contributed by atoms with E-state index < -0.39 is 0 Å². The van der Waals surface area contributed by atoms with Gasteiger partial charge in [0.1, 0.15) is 0 Å². The summed E-state index contributed by atoms with van der Waals surface area (Å²) in [6.45, 7) is 6.61. The van der Waals surface area contributed by atoms with Gasteiger partial charge >= 0.3 is 0 Å². The fourth-order valence-corrected chi connectivity index (χ4v) is 2.54. The molecule has 0 saturated carbocycles. The summed E-state index contributed by atoms with van der Waals surface area (Å²) >= 11 is 0. The molecule has 2 unspecified atom stereocenters. The van der Waals surface area contributed by atoms with E-state index in [-0.39, 0.29) is 6.04 Å². The van der Waals surface area contributed by atoms with E-state index in [2.05, 4.69) is 61.4 Å². The highest BCUT2D eigenvalue weighted by molar-refractivity contribution is 5.25. The Morgan fingerprint density at radius 2 is 1.76 bits per heavy atom. The van der Waals surface area contributed by atoms with Crippen LogP contribution in [0.3, 0.4) is 0 Å². The number of aryl methyl sites for hydroxylation is 1. The number of benzene rings is 1. The van der Waals surface area contributed by atoms with Crippen molar-refractivity contribution in [3.63, 3.8) is 0 Å². The summed E-state index contributed by atoms with van der Waals surface area (Å²) in [6.07, 6.45) is 5.55. The summed E-state index contributed by atoms with van der Waals surface area (Å²) in [7, 11) is 0. The molecule has 112 valence electrons. The number of aromatic nitrogens is 1. The van der Waals surface area contributed by atoms with Crippen molar-refractivity contribution >= 4 is 0 Å². The van der Waals surface area contributed by atoms with Crippen LogP contribution < -0.4 is 5.32 Å². The molecule has 2 atom stereocenters. The fraction of sp³-hybridized carbons (Fsp3) is 0.421. The van der Waals surface area contributed by atoms with Gasteiger partial charge in [-0.1, -0.05) is 43.7 Å². The Kier molecular flexibility index (Phi) is 5.94. The molecule has 0 radical (unpaired) electrons. The Labute approximate surface area is 128 Å². The van der Waals surface area contributed by atoms with Gasteiger partial charge in [0.25, 0.3) is 0 Å². The SMILES string of the molecule is CCCCc1ccc(C(C)NC(C)c2ccccn2)cc1. The van der Waals surface area contributed by atoms with Crippen LogP contribution in [0.1, 0.15) is 62.5 Å². The predicted octanol–water partition coefficient (Wildman–Crippen LogP) is 4.84. The van der Waals surface area contributed by atoms with E-state index in [9.17, 15) is 0 Å². The second kappa shape index (κ2) is 7.94. The molecule has 0 bridgehead atoms. The summed E-state index contributed by atoms with van der Waals surface area (Å²) < 4.78 is 0. The highest BCUT2D eigenvalue weighted by Gasteiger charge is 2.11. The summed E-state index contributed by atoms with van der Waals surface area (Å²) in [5, 5.41) is 3.61. The van der Waals surface area contributed by atoms with Gasteiger partial charge in [-0.25, -0.2) is 0 Å². The topological polar surface area (TPSA) is 24.9 Å². The van der Waals surface area contributed by atoms with Crippen LogP contribution in [0.4, 0.5) is 0 Å². The molecule has 0 amide bonds. The van der Waals surface area contributed by atoms with Gasteiger partial charge in [0, 0.05) is 18.3 Å². The first kappa shape index (κ1) is 15.7. The Hall–Kier alpha value is -1.67. The number of unbranched alkanes of at least 4 members (excludes halogenated alkanes) is 1. The van der Waals surface area contributed by atoms with Crippen LogP contribution in [-0.4, -0.2) is 4.98 Å². The van der Waals surface area contributed by atoms with Crippen LogP contribution in [0, 0.1) is 0 Å². The van der Waals surface area contributed by atoms with Gasteiger partial charge < -0.3 is 5.32 Å². The van der Waals surface area contributed by atoms with Crippen molar-refractivity contribution in [3.05, 3.63) is 65.5 Å². The van der Waals surface area contributed by atoms with E-state index >= 15 is 0 Å². The molecule has 1 aromatic carbocycles. The molecule has 0 fully saturated rings. The Balaban J connectivity index is 1.95. The number of rotatable bonds is 7. The van der Waals surface area contributed by atoms with E-state index in [1.807, 2.05) is 18.3 Å². The summed E-state index contributed by atoms with van der Waals surface area (Å²) in [5.74, 6) is 0. The van der Waals surface area contributed by atoms with Gasteiger partial charge in [-0.05, 0) is 49.9 Å². The first-order valence-electron chi connectivity index (χ1n) is 7.96. The summed E-state index contributed by atoms with van der Waals surface area (Å²) in [5.41, 5.74) is 3.85. The monoisotopic (exact) mass is 282 g/mol. The van der Waals surface area contributed by atoms with E-state index in [0.717, 1.165) is 5.69 Å². The lowest BCUT2D eigenvalue weighted by Gasteiger charge is -2.20. The van der Waals surface area contributed by atoms with Gasteiger partial charge in [-0.15, -0.1) is 0 Å². The van der Waals surface area contributed by atoms with E-state index in [0.29, 0.717) is 6.04 Å². The van der Waals surface area contributed by atoms with Crippen LogP contribution >= 0.6 is 0 Å². The van der Waals surface area contributed by atoms with Crippen LogP contribution in [-0.2, 0) is 6.42 Å². The van der Waals surface area contributed by atoms with Gasteiger partial charge in [0.05, 0.1) is 5.69 Å². The Morgan fingerprint density at radius 3 is 2.38 bits per heavy atom. The minimum absolute atomic E-state index is 0.251. The van der Waals surface area contributed by atoms with Crippen LogP contribution in [0.5, 0.6) is 0 Å². The molecule has 1 heterocycles. The molecule has 0 saturated heterocycles. The maximum Gasteiger partial charge on any atom is 0.0570 e. The normalized spacial score (nSPS) is 13.9. The molecule has 2 nitrogen and oxygen atoms in total. The van der Waals surface area contributed by atoms with Crippen molar-refractivity contribution < 1.29 is 0 Å². The third-order valence-corrected chi connectivity index (χ3v) is 3.93. The molecule has 0 aliphatic carbocycles. The predicted molar refractivity (Wildman–Crippen MR) is 89.3 cm³/mol. The highest BCUT2D eigenvalue weighted by atomic mass is 15.0. The standard InChI is InChI=1S/C19H26N2/c1-4-5-8-17-10-12-18(13-11-17)15(2)21-16(3)19-9-6-7-14-20-19/h6-7,9-16,21H,4-5,8H2,1-3H3. The maximum atomic E-state index is 4.41. The summed E-state index contributed by atoms with van der Waals surface area (Å²) in [4.78, 5) is 4.41. The zero-order valence-corrected chi connectivity index (χ0v) is 13.3. The van der Waals surface area contributed by atoms with Crippen molar-refractivity contribution in [2.24, 2.45) is 0 Å². The average Bonchev–Trinajstić information content (AvgIpc) is 2.54. The highest BCUT2D eigenvalue weighted by Crippen LogP contribution is 2.19. The smallest absolute Gasteiger partial charge is 0.0570 e. The van der Waals surface area contributed by atoms with Crippen molar-refractivity contribution in [1.29, 1.82) is 0 Å². The first-order valence-corrected chi connectivity index (χ1v) is 7.96. The zero-order chi connectivity index (χ0) is 15.1. The fourth-order valence-electron chi connectivity index (χ4n) is 2.54. The number of nitrogens with zero attached hydrogens (tertiary/aromatic N) is 1. The maximum absolute atomic E-state index is 4.41. The van der Waals surface area contributed by atoms with E-state index in [1.54, 1.807) is 0 Å². The Morgan fingerprint density at radius 1 is 1.00 bits per heavy atom. The lowest BCUT2D eigenvalue weighted by molar-refractivity contribution is 0.486. The molecule has 0 spiro atoms. The lowest BCUT2D eigenvalue weighted by Crippen LogP contribution is -2.23. The van der Waals surface area contributed by atoms with Gasteiger partial charge in [0.2, 0.25) is 0 Å². The van der Waals surface area contributed by atoms with Crippen LogP contribution in [0.25, 0.3) is 0 Å². The zero-order valence-electron chi connectivity index (χ0n) is 13.3. The third-order valence-electron chi connectivity index (χ3n) is 3.93. The van der Waals surface area contributed by atoms with Gasteiger partial charge in [-0.2, -0.15) is 0 Å². The van der Waals surface area contributed by atoms with E-state index in [1.165, 1.54) is 30.4 Å².